The number of likely N-dealkylation sites (tertiary alicyclic amines) is 1. The van der Waals surface area contributed by atoms with Gasteiger partial charge in [0.1, 0.15) is 18.0 Å². The summed E-state index contributed by atoms with van der Waals surface area (Å²) in [4.78, 5) is 28.5. The number of nitrogens with one attached hydrogen (secondary N) is 1. The van der Waals surface area contributed by atoms with Gasteiger partial charge in [-0.3, -0.25) is 0 Å². The van der Waals surface area contributed by atoms with E-state index in [2.05, 4.69) is 4.98 Å². The predicted octanol–water partition coefficient (Wildman–Crippen LogP) is 4.30. The van der Waals surface area contributed by atoms with Crippen LogP contribution in [0.2, 0.25) is 5.02 Å². The summed E-state index contributed by atoms with van der Waals surface area (Å²) >= 11 is 6.18. The Bertz CT molecular complexity index is 871. The van der Waals surface area contributed by atoms with Crippen molar-refractivity contribution in [2.45, 2.75) is 45.3 Å². The van der Waals surface area contributed by atoms with Crippen LogP contribution in [0.3, 0.4) is 0 Å². The molecule has 3 rings (SSSR count). The molecule has 2 N–H and O–H groups in total. The summed E-state index contributed by atoms with van der Waals surface area (Å²) in [7, 11) is 0. The number of carbonyl (C=O) groups excluding carboxylic acids is 1. The Balaban J connectivity index is 1.78. The van der Waals surface area contributed by atoms with Crippen molar-refractivity contribution in [2.24, 2.45) is 0 Å². The molecular weight excluding hydrogens is 372 g/mol. The molecule has 27 heavy (non-hydrogen) atoms. The molecule has 7 nitrogen and oxygen atoms in total. The number of aromatic nitrogens is 1. The minimum atomic E-state index is -1.12. The van der Waals surface area contributed by atoms with Crippen molar-refractivity contribution in [2.75, 3.05) is 13.2 Å². The van der Waals surface area contributed by atoms with Crippen molar-refractivity contribution in [3.63, 3.8) is 0 Å². The van der Waals surface area contributed by atoms with E-state index in [1.54, 1.807) is 17.2 Å². The van der Waals surface area contributed by atoms with Gasteiger partial charge >= 0.3 is 12.1 Å². The van der Waals surface area contributed by atoms with Gasteiger partial charge in [0.25, 0.3) is 0 Å². The number of carboxylic acid groups (broad SMARTS) is 1. The molecule has 1 aromatic carbocycles. The van der Waals surface area contributed by atoms with Crippen LogP contribution in [0.1, 0.15) is 44.0 Å². The molecule has 1 aliphatic rings. The Hall–Kier alpha value is -2.41. The summed E-state index contributed by atoms with van der Waals surface area (Å²) in [6.45, 7) is 6.34. The number of hydrogen-bond acceptors (Lipinski definition) is 4. The first-order valence-electron chi connectivity index (χ1n) is 8.82. The van der Waals surface area contributed by atoms with Crippen molar-refractivity contribution in [1.82, 2.24) is 9.88 Å². The van der Waals surface area contributed by atoms with Crippen molar-refractivity contribution in [3.8, 4) is 5.75 Å². The third kappa shape index (κ3) is 4.13. The second kappa shape index (κ2) is 7.31. The van der Waals surface area contributed by atoms with E-state index in [-0.39, 0.29) is 29.3 Å². The maximum Gasteiger partial charge on any atom is 0.410 e. The molecule has 2 aromatic rings. The third-order valence-corrected chi connectivity index (χ3v) is 4.82. The summed E-state index contributed by atoms with van der Waals surface area (Å²) in [6.07, 6.45) is 2.98. The predicted molar refractivity (Wildman–Crippen MR) is 102 cm³/mol. The number of aromatic carboxylic acids is 1. The Morgan fingerprint density at radius 1 is 1.41 bits per heavy atom. The standard InChI is InChI=1S/C19H23ClN2O5/c1-19(2,3)27-18(25)22-8-4-5-11(22)10-26-14-9-13(17(23)24)15(20)12-6-7-21-16(12)14/h6-7,9,11,21H,4-5,8,10H2,1-3H3,(H,23,24)/t11-/m1/s1. The lowest BCUT2D eigenvalue weighted by atomic mass is 10.1. The van der Waals surface area contributed by atoms with Gasteiger partial charge in [0.15, 0.2) is 0 Å². The molecule has 0 saturated carbocycles. The highest BCUT2D eigenvalue weighted by Gasteiger charge is 2.33. The SMILES string of the molecule is CC(C)(C)OC(=O)N1CCC[C@@H]1COc1cc(C(=O)O)c(Cl)c2cc[nH]c12. The van der Waals surface area contributed by atoms with Crippen molar-refractivity contribution >= 4 is 34.6 Å². The van der Waals surface area contributed by atoms with Crippen LogP contribution in [-0.4, -0.2) is 51.8 Å². The van der Waals surface area contributed by atoms with Crippen LogP contribution in [0.15, 0.2) is 18.3 Å². The fourth-order valence-electron chi connectivity index (χ4n) is 3.19. The lowest BCUT2D eigenvalue weighted by Gasteiger charge is -2.28. The normalized spacial score (nSPS) is 17.3. The average molecular weight is 395 g/mol. The highest BCUT2D eigenvalue weighted by atomic mass is 35.5. The van der Waals surface area contributed by atoms with Crippen molar-refractivity contribution in [3.05, 3.63) is 28.9 Å². The quantitative estimate of drug-likeness (QED) is 0.806. The van der Waals surface area contributed by atoms with E-state index in [0.29, 0.717) is 23.2 Å². The van der Waals surface area contributed by atoms with Gasteiger partial charge in [0, 0.05) is 18.1 Å². The number of amides is 1. The lowest BCUT2D eigenvalue weighted by Crippen LogP contribution is -2.42. The Kier molecular flexibility index (Phi) is 5.24. The van der Waals surface area contributed by atoms with E-state index in [1.165, 1.54) is 6.07 Å². The van der Waals surface area contributed by atoms with E-state index in [4.69, 9.17) is 21.1 Å². The highest BCUT2D eigenvalue weighted by Crippen LogP contribution is 2.34. The van der Waals surface area contributed by atoms with Crippen LogP contribution >= 0.6 is 11.6 Å². The van der Waals surface area contributed by atoms with E-state index in [1.807, 2.05) is 20.8 Å². The number of rotatable bonds is 4. The minimum absolute atomic E-state index is 0.0193. The van der Waals surface area contributed by atoms with Crippen LogP contribution < -0.4 is 4.74 Å². The number of H-pyrrole nitrogens is 1. The Labute approximate surface area is 162 Å². The zero-order valence-electron chi connectivity index (χ0n) is 15.5. The molecule has 146 valence electrons. The Morgan fingerprint density at radius 2 is 2.15 bits per heavy atom. The molecule has 1 aliphatic heterocycles. The summed E-state index contributed by atoms with van der Waals surface area (Å²) < 4.78 is 11.4. The first kappa shape index (κ1) is 19.4. The molecule has 0 unspecified atom stereocenters. The van der Waals surface area contributed by atoms with Crippen LogP contribution in [0.25, 0.3) is 10.9 Å². The van der Waals surface area contributed by atoms with Crippen LogP contribution in [0.5, 0.6) is 5.75 Å². The maximum atomic E-state index is 12.4. The number of aromatic amines is 1. The zero-order valence-corrected chi connectivity index (χ0v) is 16.3. The molecule has 0 bridgehead atoms. The van der Waals surface area contributed by atoms with Gasteiger partial charge in [-0.25, -0.2) is 9.59 Å². The van der Waals surface area contributed by atoms with Gasteiger partial charge in [0.05, 0.1) is 22.1 Å². The van der Waals surface area contributed by atoms with Crippen LogP contribution in [-0.2, 0) is 4.74 Å². The number of carbonyl (C=O) groups is 2. The van der Waals surface area contributed by atoms with Gasteiger partial charge in [-0.05, 0) is 45.7 Å². The monoisotopic (exact) mass is 394 g/mol. The first-order valence-corrected chi connectivity index (χ1v) is 9.20. The van der Waals surface area contributed by atoms with E-state index in [0.717, 1.165) is 12.8 Å². The van der Waals surface area contributed by atoms with E-state index < -0.39 is 11.6 Å². The fourth-order valence-corrected chi connectivity index (χ4v) is 3.49. The maximum absolute atomic E-state index is 12.4. The smallest absolute Gasteiger partial charge is 0.410 e. The topological polar surface area (TPSA) is 91.9 Å². The molecule has 0 aliphatic carbocycles. The van der Waals surface area contributed by atoms with Gasteiger partial charge in [-0.15, -0.1) is 0 Å². The molecule has 1 fully saturated rings. The highest BCUT2D eigenvalue weighted by molar-refractivity contribution is 6.38. The molecule has 0 radical (unpaired) electrons. The minimum Gasteiger partial charge on any atom is -0.489 e. The number of benzene rings is 1. The van der Waals surface area contributed by atoms with Crippen LogP contribution in [0.4, 0.5) is 4.79 Å². The molecule has 2 heterocycles. The fraction of sp³-hybridized carbons (Fsp3) is 0.474. The number of fused-ring (bicyclic) bond motifs is 1. The van der Waals surface area contributed by atoms with Gasteiger partial charge in [-0.2, -0.15) is 0 Å². The molecule has 8 heteroatoms. The average Bonchev–Trinajstić information content (AvgIpc) is 3.21. The van der Waals surface area contributed by atoms with Crippen LogP contribution in [0, 0.1) is 0 Å². The van der Waals surface area contributed by atoms with Gasteiger partial charge in [-0.1, -0.05) is 11.6 Å². The zero-order chi connectivity index (χ0) is 19.8. The second-order valence-electron chi connectivity index (χ2n) is 7.59. The summed E-state index contributed by atoms with van der Waals surface area (Å²) in [5, 5.41) is 10.1. The summed E-state index contributed by atoms with van der Waals surface area (Å²) in [5.41, 5.74) is 0.0506. The number of nitrogens with zero attached hydrogens (tertiary/aromatic N) is 1. The summed E-state index contributed by atoms with van der Waals surface area (Å²) in [5.74, 6) is -0.725. The molecule has 1 atom stereocenters. The largest absolute Gasteiger partial charge is 0.489 e. The second-order valence-corrected chi connectivity index (χ2v) is 7.97. The lowest BCUT2D eigenvalue weighted by molar-refractivity contribution is 0.0188. The van der Waals surface area contributed by atoms with E-state index >= 15 is 0 Å². The van der Waals surface area contributed by atoms with Gasteiger partial charge < -0.3 is 24.5 Å². The third-order valence-electron chi connectivity index (χ3n) is 4.41. The molecular formula is C19H23ClN2O5. The van der Waals surface area contributed by atoms with Crippen molar-refractivity contribution in [1.29, 1.82) is 0 Å². The Morgan fingerprint density at radius 3 is 2.81 bits per heavy atom. The molecule has 1 saturated heterocycles. The molecule has 1 amide bonds. The molecule has 0 spiro atoms. The number of halogens is 1. The molecule has 1 aromatic heterocycles. The number of ether oxygens (including phenoxy) is 2. The summed E-state index contributed by atoms with van der Waals surface area (Å²) in [6, 6.07) is 2.99. The van der Waals surface area contributed by atoms with Gasteiger partial charge in [0.2, 0.25) is 0 Å². The first-order chi connectivity index (χ1) is 12.7. The van der Waals surface area contributed by atoms with Crippen molar-refractivity contribution < 1.29 is 24.2 Å². The van der Waals surface area contributed by atoms with E-state index in [9.17, 15) is 14.7 Å². The number of carboxylic acids is 1. The number of hydrogen-bond donors (Lipinski definition) is 2.